The maximum Gasteiger partial charge on any atom is 0.261 e. The van der Waals surface area contributed by atoms with Crippen molar-refractivity contribution in [2.24, 2.45) is 0 Å². The van der Waals surface area contributed by atoms with E-state index in [1.807, 2.05) is 55.1 Å². The topological polar surface area (TPSA) is 38.8 Å². The van der Waals surface area contributed by atoms with Crippen LogP contribution in [-0.2, 0) is 15.8 Å². The maximum absolute atomic E-state index is 15.8. The van der Waals surface area contributed by atoms with Gasteiger partial charge < -0.3 is 14.1 Å². The molecule has 0 unspecified atom stereocenters. The summed E-state index contributed by atoms with van der Waals surface area (Å²) in [5, 5.41) is 1.88. The van der Waals surface area contributed by atoms with Crippen LogP contribution >= 0.6 is 0 Å². The van der Waals surface area contributed by atoms with E-state index in [-0.39, 0.29) is 35.1 Å². The molecule has 3 aromatic rings. The summed E-state index contributed by atoms with van der Waals surface area (Å²) in [5.41, 5.74) is 0.345. The highest BCUT2D eigenvalue weighted by molar-refractivity contribution is 6.99. The van der Waals surface area contributed by atoms with E-state index in [9.17, 15) is 4.79 Å². The van der Waals surface area contributed by atoms with Gasteiger partial charge in [0.15, 0.2) is 17.4 Å². The van der Waals surface area contributed by atoms with Crippen molar-refractivity contribution < 1.29 is 22.7 Å². The highest BCUT2D eigenvalue weighted by Gasteiger charge is 2.50. The third-order valence-electron chi connectivity index (χ3n) is 7.24. The van der Waals surface area contributed by atoms with Crippen LogP contribution in [0.2, 0.25) is 5.04 Å². The predicted octanol–water partition coefficient (Wildman–Crippen LogP) is 5.86. The lowest BCUT2D eigenvalue weighted by Crippen LogP contribution is -2.66. The Labute approximate surface area is 225 Å². The third-order valence-corrected chi connectivity index (χ3v) is 12.2. The molecule has 1 heterocycles. The number of halogens is 2. The smallest absolute Gasteiger partial charge is 0.261 e. The minimum absolute atomic E-state index is 0.0280. The zero-order valence-corrected chi connectivity index (χ0v) is 24.1. The molecule has 38 heavy (non-hydrogen) atoms. The minimum Gasteiger partial charge on any atom is -0.403 e. The zero-order valence-electron chi connectivity index (χ0n) is 23.1. The van der Waals surface area contributed by atoms with Gasteiger partial charge in [-0.3, -0.25) is 4.79 Å². The summed E-state index contributed by atoms with van der Waals surface area (Å²) in [5.74, 6) is -2.66. The second-order valence-electron chi connectivity index (χ2n) is 11.2. The Morgan fingerprint density at radius 3 is 1.89 bits per heavy atom. The van der Waals surface area contributed by atoms with Crippen LogP contribution in [0.1, 0.15) is 57.5 Å². The number of hydrogen-bond donors (Lipinski definition) is 0. The van der Waals surface area contributed by atoms with Crippen molar-refractivity contribution in [1.82, 2.24) is 0 Å². The quantitative estimate of drug-likeness (QED) is 0.280. The molecule has 2 atom stereocenters. The molecule has 1 aliphatic rings. The molecule has 0 bridgehead atoms. The van der Waals surface area contributed by atoms with Crippen LogP contribution in [0, 0.1) is 11.6 Å². The van der Waals surface area contributed by atoms with Gasteiger partial charge in [-0.25, -0.2) is 8.78 Å². The van der Waals surface area contributed by atoms with Crippen molar-refractivity contribution in [3.05, 3.63) is 89.5 Å². The molecule has 4 nitrogen and oxygen atoms in total. The number of hydrogen-bond acceptors (Lipinski definition) is 4. The highest BCUT2D eigenvalue weighted by Crippen LogP contribution is 2.39. The van der Waals surface area contributed by atoms with Crippen molar-refractivity contribution in [3.63, 3.8) is 0 Å². The van der Waals surface area contributed by atoms with Gasteiger partial charge in [-0.15, -0.1) is 0 Å². The lowest BCUT2D eigenvalue weighted by atomic mass is 10.0. The molecule has 0 amide bonds. The van der Waals surface area contributed by atoms with Crippen LogP contribution in [0.5, 0.6) is 0 Å². The molecule has 1 fully saturated rings. The first kappa shape index (κ1) is 28.1. The van der Waals surface area contributed by atoms with E-state index in [0.717, 1.165) is 10.4 Å². The Morgan fingerprint density at radius 1 is 0.947 bits per heavy atom. The predicted molar refractivity (Wildman–Crippen MR) is 151 cm³/mol. The minimum atomic E-state index is -2.95. The van der Waals surface area contributed by atoms with Crippen molar-refractivity contribution in [2.75, 3.05) is 18.0 Å². The molecule has 0 N–H and O–H groups in total. The number of benzene rings is 3. The van der Waals surface area contributed by atoms with Crippen molar-refractivity contribution in [3.8, 4) is 0 Å². The first-order valence-corrected chi connectivity index (χ1v) is 15.0. The number of anilines is 1. The average Bonchev–Trinajstić information content (AvgIpc) is 2.86. The Kier molecular flexibility index (Phi) is 8.21. The molecule has 7 heteroatoms. The number of ketones is 1. The SMILES string of the molecule is CC(=O)c1cc(CO[Si](c2ccccc2)(c2ccccc2)C(C)(C)C)c(N2C[C@@H](C)O[C@@H](C)C2)c(F)c1F. The highest BCUT2D eigenvalue weighted by atomic mass is 28.4. The van der Waals surface area contributed by atoms with Gasteiger partial charge in [0.2, 0.25) is 0 Å². The molecule has 0 aliphatic carbocycles. The summed E-state index contributed by atoms with van der Waals surface area (Å²) < 4.78 is 43.8. The van der Waals surface area contributed by atoms with Gasteiger partial charge in [0, 0.05) is 18.7 Å². The summed E-state index contributed by atoms with van der Waals surface area (Å²) in [4.78, 5) is 14.1. The summed E-state index contributed by atoms with van der Waals surface area (Å²) in [6.07, 6.45) is -0.307. The molecular formula is C31H37F2NO3Si. The molecule has 202 valence electrons. The second kappa shape index (κ2) is 11.1. The van der Waals surface area contributed by atoms with Gasteiger partial charge in [-0.05, 0) is 42.2 Å². The standard InChI is InChI=1S/C31H37F2NO3Si/c1-21-18-34(19-22(2)37-21)30-24(17-27(23(3)35)28(32)29(30)33)20-36-38(31(4,5)6,25-13-9-7-10-14-25)26-15-11-8-12-16-26/h7-17,21-22H,18-20H2,1-6H3/t21-,22+. The summed E-state index contributed by atoms with van der Waals surface area (Å²) in [6.45, 7) is 12.4. The largest absolute Gasteiger partial charge is 0.403 e. The van der Waals surface area contributed by atoms with Gasteiger partial charge in [-0.2, -0.15) is 0 Å². The number of rotatable bonds is 7. The van der Waals surface area contributed by atoms with Crippen molar-refractivity contribution in [1.29, 1.82) is 0 Å². The van der Waals surface area contributed by atoms with Gasteiger partial charge in [-0.1, -0.05) is 81.4 Å². The van der Waals surface area contributed by atoms with E-state index >= 15 is 8.78 Å². The van der Waals surface area contributed by atoms with E-state index in [1.165, 1.54) is 13.0 Å². The van der Waals surface area contributed by atoms with Crippen molar-refractivity contribution >= 4 is 30.2 Å². The number of ether oxygens (including phenoxy) is 1. The second-order valence-corrected chi connectivity index (χ2v) is 15.5. The molecule has 1 saturated heterocycles. The van der Waals surface area contributed by atoms with Crippen LogP contribution in [0.25, 0.3) is 0 Å². The van der Waals surface area contributed by atoms with E-state index < -0.39 is 25.7 Å². The molecule has 4 rings (SSSR count). The summed E-state index contributed by atoms with van der Waals surface area (Å²) in [7, 11) is -2.95. The average molecular weight is 538 g/mol. The fourth-order valence-corrected chi connectivity index (χ4v) is 10.2. The Balaban J connectivity index is 1.88. The van der Waals surface area contributed by atoms with Gasteiger partial charge >= 0.3 is 0 Å². The number of morpholine rings is 1. The van der Waals surface area contributed by atoms with E-state index in [4.69, 9.17) is 9.16 Å². The fourth-order valence-electron chi connectivity index (χ4n) is 5.69. The first-order chi connectivity index (χ1) is 18.0. The van der Waals surface area contributed by atoms with Gasteiger partial charge in [0.1, 0.15) is 0 Å². The summed E-state index contributed by atoms with van der Waals surface area (Å²) in [6, 6.07) is 21.8. The maximum atomic E-state index is 15.8. The Bertz CT molecular complexity index is 1230. The van der Waals surface area contributed by atoms with Crippen LogP contribution in [-0.4, -0.2) is 39.4 Å². The van der Waals surface area contributed by atoms with Crippen LogP contribution in [0.4, 0.5) is 14.5 Å². The van der Waals surface area contributed by atoms with E-state index in [1.54, 1.807) is 0 Å². The van der Waals surface area contributed by atoms with Crippen LogP contribution in [0.15, 0.2) is 66.7 Å². The number of nitrogens with zero attached hydrogens (tertiary/aromatic N) is 1. The molecule has 0 radical (unpaired) electrons. The van der Waals surface area contributed by atoms with E-state index in [0.29, 0.717) is 18.7 Å². The number of Topliss-reactive ketones (excluding diaryl/α,β-unsaturated/α-hetero) is 1. The Morgan fingerprint density at radius 2 is 1.45 bits per heavy atom. The molecule has 0 aromatic heterocycles. The lowest BCUT2D eigenvalue weighted by Gasteiger charge is -2.43. The normalized spacial score (nSPS) is 18.5. The summed E-state index contributed by atoms with van der Waals surface area (Å²) >= 11 is 0. The molecule has 3 aromatic carbocycles. The Hall–Kier alpha value is -2.87. The van der Waals surface area contributed by atoms with Crippen LogP contribution in [0.3, 0.4) is 0 Å². The lowest BCUT2D eigenvalue weighted by molar-refractivity contribution is -0.00553. The first-order valence-electron chi connectivity index (χ1n) is 13.1. The number of carbonyl (C=O) groups is 1. The molecule has 1 aliphatic heterocycles. The fraction of sp³-hybridized carbons (Fsp3) is 0.387. The monoisotopic (exact) mass is 537 g/mol. The third kappa shape index (κ3) is 5.33. The number of carbonyl (C=O) groups excluding carboxylic acids is 1. The zero-order chi connectivity index (χ0) is 27.7. The molecular weight excluding hydrogens is 500 g/mol. The van der Waals surface area contributed by atoms with Gasteiger partial charge in [0.25, 0.3) is 8.32 Å². The molecule has 0 spiro atoms. The van der Waals surface area contributed by atoms with Gasteiger partial charge in [0.05, 0.1) is 30.1 Å². The van der Waals surface area contributed by atoms with E-state index in [2.05, 4.69) is 45.0 Å². The van der Waals surface area contributed by atoms with Crippen molar-refractivity contribution in [2.45, 2.75) is 65.4 Å². The van der Waals surface area contributed by atoms with Crippen LogP contribution < -0.4 is 15.3 Å². The molecule has 0 saturated carbocycles.